The predicted molar refractivity (Wildman–Crippen MR) is 71.8 cm³/mol. The number of benzene rings is 1. The summed E-state index contributed by atoms with van der Waals surface area (Å²) in [6.45, 7) is 1.01. The smallest absolute Gasteiger partial charge is 0.460 e. The number of nitrogen functional groups attached to an aromatic ring is 1. The van der Waals surface area contributed by atoms with Crippen molar-refractivity contribution in [3.63, 3.8) is 0 Å². The molecular weight excluding hydrogens is 445 g/mol. The van der Waals surface area contributed by atoms with Crippen LogP contribution in [-0.4, -0.2) is 36.5 Å². The molecule has 0 unspecified atom stereocenters. The Balaban J connectivity index is 3.65. The number of hydrogen-bond acceptors (Lipinski definition) is 2. The van der Waals surface area contributed by atoms with Crippen LogP contribution in [0.25, 0.3) is 0 Å². The number of alkyl halides is 13. The molecule has 0 amide bonds. The van der Waals surface area contributed by atoms with Crippen molar-refractivity contribution in [3.05, 3.63) is 23.8 Å². The number of rotatable bonds is 7. The van der Waals surface area contributed by atoms with E-state index in [9.17, 15) is 57.1 Å². The molecule has 1 aromatic carbocycles. The number of halogens is 13. The fourth-order valence-electron chi connectivity index (χ4n) is 2.00. The van der Waals surface area contributed by atoms with Crippen molar-refractivity contribution in [1.29, 1.82) is 0 Å². The molecule has 15 heteroatoms. The van der Waals surface area contributed by atoms with Crippen molar-refractivity contribution in [2.75, 3.05) is 12.3 Å². The lowest BCUT2D eigenvalue weighted by molar-refractivity contribution is -0.441. The molecule has 168 valence electrons. The zero-order valence-electron chi connectivity index (χ0n) is 13.8. The van der Waals surface area contributed by atoms with E-state index < -0.39 is 52.8 Å². The molecule has 0 saturated carbocycles. The summed E-state index contributed by atoms with van der Waals surface area (Å²) in [4.78, 5) is 0. The van der Waals surface area contributed by atoms with Gasteiger partial charge in [0.15, 0.2) is 0 Å². The van der Waals surface area contributed by atoms with E-state index in [2.05, 4.69) is 4.74 Å². The highest BCUT2D eigenvalue weighted by molar-refractivity contribution is 5.53. The van der Waals surface area contributed by atoms with E-state index in [1.54, 1.807) is 0 Å². The third-order valence-electron chi connectivity index (χ3n) is 3.61. The Kier molecular flexibility index (Phi) is 6.03. The van der Waals surface area contributed by atoms with Crippen LogP contribution in [0.15, 0.2) is 18.2 Å². The average Bonchev–Trinajstić information content (AvgIpc) is 2.54. The van der Waals surface area contributed by atoms with Crippen molar-refractivity contribution in [2.24, 2.45) is 0 Å². The van der Waals surface area contributed by atoms with E-state index in [0.717, 1.165) is 6.07 Å². The number of hydrogen-bond donors (Lipinski definition) is 1. The van der Waals surface area contributed by atoms with Crippen LogP contribution in [0.5, 0.6) is 5.75 Å². The van der Waals surface area contributed by atoms with Gasteiger partial charge in [0.25, 0.3) is 0 Å². The molecule has 0 aromatic heterocycles. The Labute approximate surface area is 153 Å². The van der Waals surface area contributed by atoms with E-state index in [1.807, 2.05) is 0 Å². The highest BCUT2D eigenvalue weighted by Crippen LogP contribution is 2.62. The summed E-state index contributed by atoms with van der Waals surface area (Å²) in [5.41, 5.74) is 1.32. The SMILES string of the molecule is CCOc1ccc(N)c(C(F)(F)C(F)(F)C(F)(F)C(F)(F)C(F)(F)C(F)(F)F)c1. The summed E-state index contributed by atoms with van der Waals surface area (Å²) in [5, 5.41) is 0. The molecule has 29 heavy (non-hydrogen) atoms. The fraction of sp³-hybridized carbons (Fsp3) is 0.571. The molecule has 0 fully saturated rings. The first-order valence-corrected chi connectivity index (χ1v) is 7.18. The van der Waals surface area contributed by atoms with Crippen LogP contribution in [0.3, 0.4) is 0 Å². The lowest BCUT2D eigenvalue weighted by Gasteiger charge is -2.40. The van der Waals surface area contributed by atoms with Gasteiger partial charge in [-0.15, -0.1) is 0 Å². The maximum absolute atomic E-state index is 14.1. The monoisotopic (exact) mass is 455 g/mol. The van der Waals surface area contributed by atoms with Gasteiger partial charge in [-0.2, -0.15) is 57.1 Å². The average molecular weight is 455 g/mol. The molecule has 1 aromatic rings. The topological polar surface area (TPSA) is 35.2 Å². The number of ether oxygens (including phenoxy) is 1. The second kappa shape index (κ2) is 7.00. The van der Waals surface area contributed by atoms with Crippen LogP contribution in [0.4, 0.5) is 62.8 Å². The second-order valence-electron chi connectivity index (χ2n) is 5.55. The minimum Gasteiger partial charge on any atom is -0.494 e. The van der Waals surface area contributed by atoms with Gasteiger partial charge in [0, 0.05) is 5.69 Å². The Bertz CT molecular complexity index is 742. The summed E-state index contributed by atoms with van der Waals surface area (Å²) < 4.78 is 176. The van der Waals surface area contributed by atoms with Crippen molar-refractivity contribution >= 4 is 5.69 Å². The first-order valence-electron chi connectivity index (χ1n) is 7.18. The van der Waals surface area contributed by atoms with Crippen molar-refractivity contribution in [2.45, 2.75) is 42.7 Å². The quantitative estimate of drug-likeness (QED) is 0.413. The summed E-state index contributed by atoms with van der Waals surface area (Å²) >= 11 is 0. The Morgan fingerprint density at radius 1 is 0.724 bits per heavy atom. The molecule has 0 aliphatic rings. The molecule has 0 saturated heterocycles. The minimum atomic E-state index is -7.96. The van der Waals surface area contributed by atoms with Crippen LogP contribution in [0, 0.1) is 0 Å². The zero-order chi connectivity index (χ0) is 23.3. The van der Waals surface area contributed by atoms with Gasteiger partial charge in [-0.1, -0.05) is 0 Å². The first-order chi connectivity index (χ1) is 12.7. The first kappa shape index (κ1) is 24.9. The van der Waals surface area contributed by atoms with Crippen LogP contribution in [-0.2, 0) is 5.92 Å². The Hall–Kier alpha value is -2.09. The summed E-state index contributed by atoms with van der Waals surface area (Å²) in [5.74, 6) is -38.2. The lowest BCUT2D eigenvalue weighted by Crippen LogP contribution is -2.69. The molecule has 0 spiro atoms. The molecule has 1 rings (SSSR count). The van der Waals surface area contributed by atoms with Gasteiger partial charge in [-0.25, -0.2) is 0 Å². The maximum Gasteiger partial charge on any atom is 0.460 e. The molecule has 0 aliphatic heterocycles. The van der Waals surface area contributed by atoms with Crippen molar-refractivity contribution in [3.8, 4) is 5.75 Å². The third kappa shape index (κ3) is 3.52. The Morgan fingerprint density at radius 2 is 1.17 bits per heavy atom. The normalized spacial score (nSPS) is 14.8. The van der Waals surface area contributed by atoms with Crippen molar-refractivity contribution in [1.82, 2.24) is 0 Å². The highest BCUT2D eigenvalue weighted by atomic mass is 19.4. The number of anilines is 1. The molecule has 2 nitrogen and oxygen atoms in total. The van der Waals surface area contributed by atoms with E-state index in [-0.39, 0.29) is 12.7 Å². The maximum atomic E-state index is 14.1. The standard InChI is InChI=1S/C14H10F13NO/c1-2-29-6-3-4-8(28)7(5-6)9(15,16)10(17,18)11(19,20)12(21,22)13(23,24)14(25,26)27/h3-5H,2,28H2,1H3. The molecule has 2 N–H and O–H groups in total. The van der Waals surface area contributed by atoms with Crippen molar-refractivity contribution < 1.29 is 61.8 Å². The van der Waals surface area contributed by atoms with Crippen LogP contribution in [0.1, 0.15) is 12.5 Å². The van der Waals surface area contributed by atoms with Gasteiger partial charge in [-0.3, -0.25) is 0 Å². The van der Waals surface area contributed by atoms with Gasteiger partial charge >= 0.3 is 35.8 Å². The predicted octanol–water partition coefficient (Wildman–Crippen LogP) is 5.86. The second-order valence-corrected chi connectivity index (χ2v) is 5.55. The molecule has 0 radical (unpaired) electrons. The lowest BCUT2D eigenvalue weighted by atomic mass is 9.90. The molecule has 0 atom stereocenters. The van der Waals surface area contributed by atoms with Gasteiger partial charge in [0.05, 0.1) is 12.2 Å². The van der Waals surface area contributed by atoms with E-state index in [1.165, 1.54) is 6.92 Å². The Morgan fingerprint density at radius 3 is 1.59 bits per heavy atom. The van der Waals surface area contributed by atoms with Crippen LogP contribution >= 0.6 is 0 Å². The third-order valence-corrected chi connectivity index (χ3v) is 3.61. The van der Waals surface area contributed by atoms with Gasteiger partial charge in [0.2, 0.25) is 0 Å². The van der Waals surface area contributed by atoms with E-state index in [4.69, 9.17) is 5.73 Å². The largest absolute Gasteiger partial charge is 0.494 e. The van der Waals surface area contributed by atoms with Gasteiger partial charge in [-0.05, 0) is 25.1 Å². The molecule has 0 heterocycles. The molecule has 0 bridgehead atoms. The molecular formula is C14H10F13NO. The molecule has 0 aliphatic carbocycles. The summed E-state index contributed by atoms with van der Waals surface area (Å²) in [6, 6.07) is 1.15. The van der Waals surface area contributed by atoms with E-state index >= 15 is 0 Å². The highest BCUT2D eigenvalue weighted by Gasteiger charge is 2.91. The zero-order valence-corrected chi connectivity index (χ0v) is 13.8. The summed E-state index contributed by atoms with van der Waals surface area (Å²) in [7, 11) is 0. The van der Waals surface area contributed by atoms with Crippen LogP contribution in [0.2, 0.25) is 0 Å². The van der Waals surface area contributed by atoms with Gasteiger partial charge in [0.1, 0.15) is 5.75 Å². The van der Waals surface area contributed by atoms with Crippen LogP contribution < -0.4 is 10.5 Å². The number of nitrogens with two attached hydrogens (primary N) is 1. The minimum absolute atomic E-state index is 0.0666. The van der Waals surface area contributed by atoms with E-state index in [0.29, 0.717) is 6.07 Å². The van der Waals surface area contributed by atoms with Gasteiger partial charge < -0.3 is 10.5 Å². The summed E-state index contributed by atoms with van der Waals surface area (Å²) in [6.07, 6.45) is -7.46. The fourth-order valence-corrected chi connectivity index (χ4v) is 2.00.